The van der Waals surface area contributed by atoms with Crippen LogP contribution in [0.4, 0.5) is 0 Å². The molecule has 0 atom stereocenters. The molecule has 1 amide bonds. The maximum atomic E-state index is 11.6. The fourth-order valence-electron chi connectivity index (χ4n) is 1.61. The van der Waals surface area contributed by atoms with Crippen LogP contribution in [0.1, 0.15) is 18.9 Å². The van der Waals surface area contributed by atoms with Gasteiger partial charge in [-0.3, -0.25) is 14.9 Å². The minimum absolute atomic E-state index is 0.183. The molecular weight excluding hydrogens is 346 g/mol. The first-order valence-electron chi connectivity index (χ1n) is 7.22. The molecule has 1 N–H and O–H groups in total. The van der Waals surface area contributed by atoms with Gasteiger partial charge in [0, 0.05) is 12.5 Å². The Kier molecular flexibility index (Phi) is 6.47. The minimum Gasteiger partial charge on any atom is -0.466 e. The third-order valence-electron chi connectivity index (χ3n) is 2.86. The number of methoxy groups -OCH3 is 1. The van der Waals surface area contributed by atoms with Gasteiger partial charge in [0.25, 0.3) is 5.91 Å². The highest BCUT2D eigenvalue weighted by Crippen LogP contribution is 2.23. The number of thioether (sulfide) groups is 1. The number of amides is 1. The van der Waals surface area contributed by atoms with Crippen molar-refractivity contribution in [3.63, 3.8) is 0 Å². The maximum absolute atomic E-state index is 11.6. The summed E-state index contributed by atoms with van der Waals surface area (Å²) in [5, 5.41) is 10.5. The lowest BCUT2D eigenvalue weighted by molar-refractivity contribution is -0.135. The summed E-state index contributed by atoms with van der Waals surface area (Å²) >= 11 is 0.988. The smallest absolute Gasteiger partial charge is 0.331 e. The minimum atomic E-state index is -0.619. The molecule has 1 fully saturated rings. The largest absolute Gasteiger partial charge is 0.466 e. The molecule has 0 aromatic heterocycles. The van der Waals surface area contributed by atoms with Crippen molar-refractivity contribution in [3.05, 3.63) is 40.8 Å². The molecule has 1 aromatic carbocycles. The highest BCUT2D eigenvalue weighted by atomic mass is 32.2. The molecule has 8 nitrogen and oxygen atoms in total. The van der Waals surface area contributed by atoms with Gasteiger partial charge >= 0.3 is 11.9 Å². The monoisotopic (exact) mass is 361 g/mol. The summed E-state index contributed by atoms with van der Waals surface area (Å²) < 4.78 is 9.53. The zero-order valence-corrected chi connectivity index (χ0v) is 14.3. The van der Waals surface area contributed by atoms with E-state index >= 15 is 0 Å². The van der Waals surface area contributed by atoms with Gasteiger partial charge in [-0.25, -0.2) is 4.79 Å². The summed E-state index contributed by atoms with van der Waals surface area (Å²) in [4.78, 5) is 34.1. The van der Waals surface area contributed by atoms with Gasteiger partial charge < -0.3 is 9.47 Å². The highest BCUT2D eigenvalue weighted by Gasteiger charge is 2.24. The summed E-state index contributed by atoms with van der Waals surface area (Å²) in [6.45, 7) is 1.72. The summed E-state index contributed by atoms with van der Waals surface area (Å²) in [5.74, 6) is -0.915. The Bertz CT molecular complexity index is 768. The summed E-state index contributed by atoms with van der Waals surface area (Å²) in [5.41, 5.74) is 0.736. The van der Waals surface area contributed by atoms with Gasteiger partial charge in [-0.1, -0.05) is 6.92 Å². The van der Waals surface area contributed by atoms with E-state index in [1.807, 2.05) is 0 Å². The first-order valence-corrected chi connectivity index (χ1v) is 8.04. The Morgan fingerprint density at radius 1 is 1.28 bits per heavy atom. The van der Waals surface area contributed by atoms with Gasteiger partial charge in [0.1, 0.15) is 5.75 Å². The predicted octanol–water partition coefficient (Wildman–Crippen LogP) is 1.61. The highest BCUT2D eigenvalue weighted by molar-refractivity contribution is 8.18. The van der Waals surface area contributed by atoms with Crippen LogP contribution in [0, 0.1) is 0 Å². The Balaban J connectivity index is 1.97. The van der Waals surface area contributed by atoms with Crippen molar-refractivity contribution in [1.82, 2.24) is 5.32 Å². The van der Waals surface area contributed by atoms with Gasteiger partial charge in [0.05, 0.1) is 18.2 Å². The number of ether oxygens (including phenoxy) is 2. The van der Waals surface area contributed by atoms with Crippen LogP contribution in [0.15, 0.2) is 45.4 Å². The molecule has 0 bridgehead atoms. The van der Waals surface area contributed by atoms with E-state index in [9.17, 15) is 14.4 Å². The van der Waals surface area contributed by atoms with Crippen molar-refractivity contribution in [2.45, 2.75) is 13.3 Å². The molecule has 0 aliphatic carbocycles. The van der Waals surface area contributed by atoms with Gasteiger partial charge in [-0.2, -0.15) is 5.10 Å². The van der Waals surface area contributed by atoms with Crippen LogP contribution in [-0.4, -0.2) is 36.3 Å². The quantitative estimate of drug-likeness (QED) is 0.281. The molecule has 1 aliphatic heterocycles. The molecule has 130 valence electrons. The summed E-state index contributed by atoms with van der Waals surface area (Å²) in [6, 6.07) is 6.71. The lowest BCUT2D eigenvalue weighted by Crippen LogP contribution is -2.19. The Hall–Kier alpha value is -2.94. The number of carbonyl (C=O) groups excluding carboxylic acids is 3. The van der Waals surface area contributed by atoms with Crippen molar-refractivity contribution >= 4 is 41.0 Å². The molecule has 0 unspecified atom stereocenters. The number of benzene rings is 1. The SMILES string of the molecule is CCC(=O)Oc1ccc(C=N/N=C2/NC(=O)/C(=C\C(=O)OC)S2)cc1. The third-order valence-corrected chi connectivity index (χ3v) is 3.76. The van der Waals surface area contributed by atoms with Crippen molar-refractivity contribution in [3.8, 4) is 5.75 Å². The second-order valence-electron chi connectivity index (χ2n) is 4.63. The zero-order chi connectivity index (χ0) is 18.2. The van der Waals surface area contributed by atoms with E-state index < -0.39 is 11.9 Å². The van der Waals surface area contributed by atoms with E-state index in [0.717, 1.165) is 23.4 Å². The van der Waals surface area contributed by atoms with E-state index in [0.29, 0.717) is 12.2 Å². The molecule has 0 radical (unpaired) electrons. The van der Waals surface area contributed by atoms with E-state index in [1.54, 1.807) is 31.2 Å². The molecule has 0 saturated carbocycles. The van der Waals surface area contributed by atoms with Crippen LogP contribution < -0.4 is 10.1 Å². The van der Waals surface area contributed by atoms with E-state index in [4.69, 9.17) is 4.74 Å². The van der Waals surface area contributed by atoms with Crippen LogP contribution in [0.2, 0.25) is 0 Å². The predicted molar refractivity (Wildman–Crippen MR) is 93.2 cm³/mol. The standard InChI is InChI=1S/C16H15N3O5S/c1-3-13(20)24-11-6-4-10(5-7-11)9-17-19-16-18-15(22)12(25-16)8-14(21)23-2/h4-9H,3H2,1-2H3,(H,18,19,22)/b12-8+,17-9?. The van der Waals surface area contributed by atoms with Crippen LogP contribution in [0.25, 0.3) is 0 Å². The van der Waals surface area contributed by atoms with Gasteiger partial charge in [-0.05, 0) is 41.6 Å². The second kappa shape index (κ2) is 8.78. The molecule has 1 aliphatic rings. The van der Waals surface area contributed by atoms with Crippen LogP contribution in [0.5, 0.6) is 5.75 Å². The molecular formula is C16H15N3O5S. The fourth-order valence-corrected chi connectivity index (χ4v) is 2.35. The number of esters is 2. The van der Waals surface area contributed by atoms with Crippen LogP contribution in [-0.2, 0) is 19.1 Å². The Labute approximate surface area is 148 Å². The van der Waals surface area contributed by atoms with Crippen LogP contribution in [0.3, 0.4) is 0 Å². The van der Waals surface area contributed by atoms with Gasteiger partial charge in [0.2, 0.25) is 0 Å². The van der Waals surface area contributed by atoms with Crippen molar-refractivity contribution in [1.29, 1.82) is 0 Å². The number of nitrogens with zero attached hydrogens (tertiary/aromatic N) is 2. The second-order valence-corrected chi connectivity index (χ2v) is 5.66. The zero-order valence-electron chi connectivity index (χ0n) is 13.5. The van der Waals surface area contributed by atoms with Crippen molar-refractivity contribution in [2.24, 2.45) is 10.2 Å². The first-order chi connectivity index (χ1) is 12.0. The van der Waals surface area contributed by atoms with Crippen molar-refractivity contribution in [2.75, 3.05) is 7.11 Å². The molecule has 1 aromatic rings. The number of hydrogen-bond donors (Lipinski definition) is 1. The van der Waals surface area contributed by atoms with E-state index in [2.05, 4.69) is 20.3 Å². The lowest BCUT2D eigenvalue weighted by atomic mass is 10.2. The summed E-state index contributed by atoms with van der Waals surface area (Å²) in [6.07, 6.45) is 2.87. The molecule has 1 saturated heterocycles. The van der Waals surface area contributed by atoms with E-state index in [-0.39, 0.29) is 16.0 Å². The number of amidine groups is 1. The fraction of sp³-hybridized carbons (Fsp3) is 0.188. The van der Waals surface area contributed by atoms with Crippen LogP contribution >= 0.6 is 11.8 Å². The number of rotatable bonds is 5. The first kappa shape index (κ1) is 18.4. The third kappa shape index (κ3) is 5.57. The molecule has 0 spiro atoms. The molecule has 1 heterocycles. The normalized spacial score (nSPS) is 17.1. The molecule has 9 heteroatoms. The molecule has 25 heavy (non-hydrogen) atoms. The average Bonchev–Trinajstić information content (AvgIpc) is 2.95. The van der Waals surface area contributed by atoms with Crippen molar-refractivity contribution < 1.29 is 23.9 Å². The van der Waals surface area contributed by atoms with Gasteiger partial charge in [-0.15, -0.1) is 5.10 Å². The summed E-state index contributed by atoms with van der Waals surface area (Å²) in [7, 11) is 1.23. The maximum Gasteiger partial charge on any atom is 0.331 e. The Morgan fingerprint density at radius 3 is 2.64 bits per heavy atom. The lowest BCUT2D eigenvalue weighted by Gasteiger charge is -2.01. The van der Waals surface area contributed by atoms with Gasteiger partial charge in [0.15, 0.2) is 5.17 Å². The molecule has 2 rings (SSSR count). The Morgan fingerprint density at radius 2 is 2.00 bits per heavy atom. The van der Waals surface area contributed by atoms with E-state index in [1.165, 1.54) is 13.3 Å². The number of carbonyl (C=O) groups is 3. The average molecular weight is 361 g/mol. The number of hydrogen-bond acceptors (Lipinski definition) is 8. The number of nitrogens with one attached hydrogen (secondary N) is 1. The topological polar surface area (TPSA) is 106 Å².